The molecule has 0 aromatic rings. The van der Waals surface area contributed by atoms with E-state index in [2.05, 4.69) is 27.7 Å². The van der Waals surface area contributed by atoms with Gasteiger partial charge in [0.05, 0.1) is 18.5 Å². The largest absolute Gasteiger partial charge is 0.279 e. The summed E-state index contributed by atoms with van der Waals surface area (Å²) in [6.45, 7) is 9.86. The Morgan fingerprint density at radius 1 is 0.938 bits per heavy atom. The molecule has 0 saturated carbocycles. The van der Waals surface area contributed by atoms with Crippen LogP contribution >= 0.6 is 11.9 Å². The van der Waals surface area contributed by atoms with Crippen LogP contribution in [0, 0.1) is 17.8 Å². The quantitative estimate of drug-likeness (QED) is 0.501. The summed E-state index contributed by atoms with van der Waals surface area (Å²) in [4.78, 5) is 0. The van der Waals surface area contributed by atoms with Gasteiger partial charge in [-0.05, 0) is 24.2 Å². The van der Waals surface area contributed by atoms with Crippen molar-refractivity contribution >= 4 is 11.9 Å². The van der Waals surface area contributed by atoms with Crippen molar-refractivity contribution in [3.8, 4) is 0 Å². The van der Waals surface area contributed by atoms with Gasteiger partial charge in [-0.15, -0.1) is 0 Å². The van der Waals surface area contributed by atoms with Crippen molar-refractivity contribution < 1.29 is 4.29 Å². The Kier molecular flexibility index (Phi) is 10.6. The van der Waals surface area contributed by atoms with Crippen molar-refractivity contribution in [2.75, 3.05) is 6.61 Å². The minimum Gasteiger partial charge on any atom is -0.279 e. The van der Waals surface area contributed by atoms with E-state index in [1.165, 1.54) is 38.5 Å². The van der Waals surface area contributed by atoms with Crippen LogP contribution in [0.4, 0.5) is 0 Å². The summed E-state index contributed by atoms with van der Waals surface area (Å²) in [5.74, 6) is 2.29. The maximum atomic E-state index is 5.39. The van der Waals surface area contributed by atoms with Crippen molar-refractivity contribution in [2.45, 2.75) is 66.2 Å². The fourth-order valence-corrected chi connectivity index (χ4v) is 2.74. The minimum atomic E-state index is 0.635. The highest BCUT2D eigenvalue weighted by molar-refractivity contribution is 6.07. The van der Waals surface area contributed by atoms with Gasteiger partial charge in [-0.3, -0.25) is 4.29 Å². The van der Waals surface area contributed by atoms with Crippen LogP contribution < -0.4 is 0 Å². The molecule has 0 N–H and O–H groups in total. The topological polar surface area (TPSA) is 9.23 Å². The number of hydrogen-bond donors (Lipinski definition) is 0. The molecule has 0 heterocycles. The molecule has 0 bridgehead atoms. The molecule has 0 aliphatic rings. The zero-order valence-electron chi connectivity index (χ0n) is 11.5. The molecule has 0 spiro atoms. The van der Waals surface area contributed by atoms with E-state index in [0.717, 1.165) is 11.8 Å². The van der Waals surface area contributed by atoms with Crippen molar-refractivity contribution in [3.63, 3.8) is 0 Å². The molecule has 3 atom stereocenters. The summed E-state index contributed by atoms with van der Waals surface area (Å²) in [7, 11) is 0. The van der Waals surface area contributed by atoms with E-state index in [4.69, 9.17) is 16.2 Å². The highest BCUT2D eigenvalue weighted by atomic mass is 35.5. The maximum absolute atomic E-state index is 5.39. The molecule has 0 saturated heterocycles. The SMILES string of the molecule is CCCC(C)CCC(CC)C(CC)COCl. The first-order valence-corrected chi connectivity index (χ1v) is 7.23. The van der Waals surface area contributed by atoms with Gasteiger partial charge in [0, 0.05) is 0 Å². The summed E-state index contributed by atoms with van der Waals surface area (Å²) >= 11 is 5.39. The van der Waals surface area contributed by atoms with Gasteiger partial charge in [-0.2, -0.15) is 0 Å². The summed E-state index contributed by atoms with van der Waals surface area (Å²) in [6.07, 6.45) is 7.77. The van der Waals surface area contributed by atoms with Crippen molar-refractivity contribution in [1.82, 2.24) is 0 Å². The van der Waals surface area contributed by atoms with Crippen LogP contribution in [-0.4, -0.2) is 6.61 Å². The lowest BCUT2D eigenvalue weighted by molar-refractivity contribution is 0.182. The summed E-state index contributed by atoms with van der Waals surface area (Å²) < 4.78 is 4.80. The number of rotatable bonds is 10. The van der Waals surface area contributed by atoms with Gasteiger partial charge in [0.1, 0.15) is 0 Å². The van der Waals surface area contributed by atoms with E-state index in [9.17, 15) is 0 Å². The molecule has 0 amide bonds. The van der Waals surface area contributed by atoms with Gasteiger partial charge >= 0.3 is 0 Å². The standard InChI is InChI=1S/C14H29ClO/c1-5-8-12(4)9-10-13(6-2)14(7-3)11-16-15/h12-14H,5-11H2,1-4H3. The molecular weight excluding hydrogens is 220 g/mol. The predicted octanol–water partition coefficient (Wildman–Crippen LogP) is 5.43. The zero-order chi connectivity index (χ0) is 12.4. The molecular formula is C14H29ClO. The van der Waals surface area contributed by atoms with Crippen LogP contribution in [0.5, 0.6) is 0 Å². The lowest BCUT2D eigenvalue weighted by Gasteiger charge is -2.25. The summed E-state index contributed by atoms with van der Waals surface area (Å²) in [6, 6.07) is 0. The van der Waals surface area contributed by atoms with Crippen LogP contribution in [0.25, 0.3) is 0 Å². The van der Waals surface area contributed by atoms with Crippen molar-refractivity contribution in [2.24, 2.45) is 17.8 Å². The van der Waals surface area contributed by atoms with Gasteiger partial charge < -0.3 is 0 Å². The van der Waals surface area contributed by atoms with Crippen LogP contribution in [0.2, 0.25) is 0 Å². The second-order valence-electron chi connectivity index (χ2n) is 5.08. The summed E-state index contributed by atoms with van der Waals surface area (Å²) in [5, 5.41) is 0. The molecule has 1 nitrogen and oxygen atoms in total. The normalized spacial score (nSPS) is 17.1. The van der Waals surface area contributed by atoms with Crippen LogP contribution in [0.3, 0.4) is 0 Å². The van der Waals surface area contributed by atoms with E-state index < -0.39 is 0 Å². The Morgan fingerprint density at radius 2 is 1.56 bits per heavy atom. The molecule has 2 heteroatoms. The Hall–Kier alpha value is 0.250. The molecule has 16 heavy (non-hydrogen) atoms. The van der Waals surface area contributed by atoms with Crippen LogP contribution in [0.1, 0.15) is 66.2 Å². The first kappa shape index (κ1) is 16.2. The third kappa shape index (κ3) is 6.75. The third-order valence-electron chi connectivity index (χ3n) is 3.80. The Labute approximate surface area is 107 Å². The van der Waals surface area contributed by atoms with Crippen LogP contribution in [0.15, 0.2) is 0 Å². The molecule has 0 aliphatic heterocycles. The highest BCUT2D eigenvalue weighted by Crippen LogP contribution is 2.27. The second-order valence-corrected chi connectivity index (χ2v) is 5.30. The molecule has 0 aromatic carbocycles. The maximum Gasteiger partial charge on any atom is 0.0713 e. The molecule has 3 unspecified atom stereocenters. The monoisotopic (exact) mass is 248 g/mol. The second kappa shape index (κ2) is 10.4. The Balaban J connectivity index is 3.96. The lowest BCUT2D eigenvalue weighted by atomic mass is 9.83. The van der Waals surface area contributed by atoms with Gasteiger partial charge in [0.15, 0.2) is 0 Å². The van der Waals surface area contributed by atoms with Gasteiger partial charge in [0.25, 0.3) is 0 Å². The zero-order valence-corrected chi connectivity index (χ0v) is 12.2. The first-order chi connectivity index (χ1) is 7.69. The third-order valence-corrected chi connectivity index (χ3v) is 3.93. The van der Waals surface area contributed by atoms with Crippen molar-refractivity contribution in [1.29, 1.82) is 0 Å². The highest BCUT2D eigenvalue weighted by Gasteiger charge is 2.19. The van der Waals surface area contributed by atoms with E-state index in [0.29, 0.717) is 12.5 Å². The molecule has 0 aliphatic carbocycles. The molecule has 0 rings (SSSR count). The minimum absolute atomic E-state index is 0.635. The van der Waals surface area contributed by atoms with Gasteiger partial charge in [0.2, 0.25) is 0 Å². The number of halogens is 1. The summed E-state index contributed by atoms with van der Waals surface area (Å²) in [5.41, 5.74) is 0. The van der Waals surface area contributed by atoms with Gasteiger partial charge in [-0.1, -0.05) is 59.8 Å². The fourth-order valence-electron chi connectivity index (χ4n) is 2.58. The predicted molar refractivity (Wildman–Crippen MR) is 72.7 cm³/mol. The molecule has 0 aromatic heterocycles. The smallest absolute Gasteiger partial charge is 0.0713 e. The van der Waals surface area contributed by atoms with Crippen molar-refractivity contribution in [3.05, 3.63) is 0 Å². The first-order valence-electron chi connectivity index (χ1n) is 6.92. The number of hydrogen-bond acceptors (Lipinski definition) is 1. The average molecular weight is 249 g/mol. The van der Waals surface area contributed by atoms with E-state index in [-0.39, 0.29) is 0 Å². The fraction of sp³-hybridized carbons (Fsp3) is 1.00. The Bertz CT molecular complexity index is 150. The molecule has 0 fully saturated rings. The van der Waals surface area contributed by atoms with E-state index >= 15 is 0 Å². The van der Waals surface area contributed by atoms with Gasteiger partial charge in [-0.25, -0.2) is 0 Å². The van der Waals surface area contributed by atoms with E-state index in [1.807, 2.05) is 0 Å². The molecule has 98 valence electrons. The average Bonchev–Trinajstić information content (AvgIpc) is 2.28. The van der Waals surface area contributed by atoms with E-state index in [1.54, 1.807) is 0 Å². The van der Waals surface area contributed by atoms with Crippen LogP contribution in [-0.2, 0) is 4.29 Å². The Morgan fingerprint density at radius 3 is 2.00 bits per heavy atom. The lowest BCUT2D eigenvalue weighted by Crippen LogP contribution is -2.18. The molecule has 0 radical (unpaired) electrons.